The van der Waals surface area contributed by atoms with Crippen molar-refractivity contribution in [1.82, 2.24) is 5.32 Å². The number of ether oxygens (including phenoxy) is 2. The Kier molecular flexibility index (Phi) is 6.58. The number of carbonyl (C=O) groups excluding carboxylic acids is 3. The normalized spacial score (nSPS) is 9.12. The molecule has 0 fully saturated rings. The molecule has 6 heteroatoms. The second-order valence-corrected chi connectivity index (χ2v) is 2.95. The molecule has 90 valence electrons. The highest BCUT2D eigenvalue weighted by Gasteiger charge is 2.07. The van der Waals surface area contributed by atoms with Crippen molar-refractivity contribution in [3.8, 4) is 0 Å². The van der Waals surface area contributed by atoms with Crippen molar-refractivity contribution < 1.29 is 23.9 Å². The highest BCUT2D eigenvalue weighted by molar-refractivity contribution is 5.91. The van der Waals surface area contributed by atoms with Gasteiger partial charge in [0.05, 0.1) is 0 Å². The fourth-order valence-electron chi connectivity index (χ4n) is 0.630. The fraction of sp³-hybridized carbons (Fsp3) is 0.500. The summed E-state index contributed by atoms with van der Waals surface area (Å²) in [6, 6.07) is 0. The van der Waals surface area contributed by atoms with Gasteiger partial charge in [-0.3, -0.25) is 10.1 Å². The van der Waals surface area contributed by atoms with Crippen molar-refractivity contribution in [2.75, 3.05) is 13.2 Å². The van der Waals surface area contributed by atoms with E-state index >= 15 is 0 Å². The third-order valence-electron chi connectivity index (χ3n) is 1.46. The first kappa shape index (κ1) is 14.2. The number of imide groups is 1. The number of amides is 2. The summed E-state index contributed by atoms with van der Waals surface area (Å²) in [4.78, 5) is 32.5. The zero-order chi connectivity index (χ0) is 12.6. The standard InChI is InChI=1S/C10H15NO5/c1-4-8(12)11-10(14)16-6-5-15-9(13)7(2)3/h2,4-6H2,1,3H3,(H,11,12,14). The van der Waals surface area contributed by atoms with Gasteiger partial charge in [0.15, 0.2) is 0 Å². The van der Waals surface area contributed by atoms with Gasteiger partial charge >= 0.3 is 12.1 Å². The maximum absolute atomic E-state index is 10.9. The first-order valence-corrected chi connectivity index (χ1v) is 4.76. The van der Waals surface area contributed by atoms with E-state index < -0.39 is 18.0 Å². The molecule has 0 atom stereocenters. The van der Waals surface area contributed by atoms with Gasteiger partial charge in [-0.15, -0.1) is 0 Å². The van der Waals surface area contributed by atoms with E-state index in [1.54, 1.807) is 6.92 Å². The molecule has 0 spiro atoms. The molecule has 0 bridgehead atoms. The lowest BCUT2D eigenvalue weighted by atomic mass is 10.4. The van der Waals surface area contributed by atoms with E-state index in [4.69, 9.17) is 0 Å². The molecule has 0 aromatic carbocycles. The molecule has 0 heterocycles. The molecule has 0 aromatic rings. The minimum absolute atomic E-state index is 0.0700. The lowest BCUT2D eigenvalue weighted by Gasteiger charge is -2.06. The first-order valence-electron chi connectivity index (χ1n) is 4.76. The van der Waals surface area contributed by atoms with Crippen LogP contribution in [0.1, 0.15) is 20.3 Å². The zero-order valence-corrected chi connectivity index (χ0v) is 9.37. The van der Waals surface area contributed by atoms with Crippen LogP contribution in [0, 0.1) is 0 Å². The molecule has 1 N–H and O–H groups in total. The van der Waals surface area contributed by atoms with Crippen LogP contribution in [0.15, 0.2) is 12.2 Å². The van der Waals surface area contributed by atoms with E-state index in [1.807, 2.05) is 5.32 Å². The molecule has 16 heavy (non-hydrogen) atoms. The van der Waals surface area contributed by atoms with Crippen LogP contribution >= 0.6 is 0 Å². The van der Waals surface area contributed by atoms with Gasteiger partial charge < -0.3 is 9.47 Å². The Balaban J connectivity index is 3.59. The molecular formula is C10H15NO5. The molecule has 0 radical (unpaired) electrons. The van der Waals surface area contributed by atoms with Gasteiger partial charge in [0, 0.05) is 12.0 Å². The second kappa shape index (κ2) is 7.44. The largest absolute Gasteiger partial charge is 0.459 e. The Labute approximate surface area is 93.6 Å². The average molecular weight is 229 g/mol. The van der Waals surface area contributed by atoms with Crippen molar-refractivity contribution in [3.05, 3.63) is 12.2 Å². The summed E-state index contributed by atoms with van der Waals surface area (Å²) in [7, 11) is 0. The SMILES string of the molecule is C=C(C)C(=O)OCCOC(=O)NC(=O)CC. The van der Waals surface area contributed by atoms with Crippen molar-refractivity contribution >= 4 is 18.0 Å². The number of hydrogen-bond donors (Lipinski definition) is 1. The van der Waals surface area contributed by atoms with Gasteiger partial charge in [-0.25, -0.2) is 9.59 Å². The zero-order valence-electron chi connectivity index (χ0n) is 9.37. The van der Waals surface area contributed by atoms with Crippen molar-refractivity contribution in [1.29, 1.82) is 0 Å². The molecule has 0 saturated heterocycles. The monoisotopic (exact) mass is 229 g/mol. The molecule has 0 aromatic heterocycles. The maximum Gasteiger partial charge on any atom is 0.413 e. The third-order valence-corrected chi connectivity index (χ3v) is 1.46. The number of nitrogens with one attached hydrogen (secondary N) is 1. The predicted molar refractivity (Wildman–Crippen MR) is 55.6 cm³/mol. The maximum atomic E-state index is 10.9. The summed E-state index contributed by atoms with van der Waals surface area (Å²) in [5, 5.41) is 1.98. The van der Waals surface area contributed by atoms with E-state index in [0.717, 1.165) is 0 Å². The predicted octanol–water partition coefficient (Wildman–Crippen LogP) is 0.768. The van der Waals surface area contributed by atoms with Gasteiger partial charge in [0.1, 0.15) is 13.2 Å². The Morgan fingerprint density at radius 2 is 1.75 bits per heavy atom. The highest BCUT2D eigenvalue weighted by atomic mass is 16.6. The summed E-state index contributed by atoms with van der Waals surface area (Å²) >= 11 is 0. The Bertz CT molecular complexity index is 298. The minimum Gasteiger partial charge on any atom is -0.459 e. The number of alkyl carbamates (subject to hydrolysis) is 1. The van der Waals surface area contributed by atoms with Crippen molar-refractivity contribution in [2.24, 2.45) is 0 Å². The van der Waals surface area contributed by atoms with Gasteiger partial charge in [-0.1, -0.05) is 13.5 Å². The van der Waals surface area contributed by atoms with E-state index in [2.05, 4.69) is 16.1 Å². The van der Waals surface area contributed by atoms with Crippen molar-refractivity contribution in [3.63, 3.8) is 0 Å². The first-order chi connectivity index (χ1) is 7.47. The average Bonchev–Trinajstić information content (AvgIpc) is 2.23. The Morgan fingerprint density at radius 3 is 2.25 bits per heavy atom. The van der Waals surface area contributed by atoms with Gasteiger partial charge in [0.2, 0.25) is 5.91 Å². The quantitative estimate of drug-likeness (QED) is 0.427. The van der Waals surface area contributed by atoms with Gasteiger partial charge in [-0.05, 0) is 6.92 Å². The van der Waals surface area contributed by atoms with Gasteiger partial charge in [-0.2, -0.15) is 0 Å². The van der Waals surface area contributed by atoms with Crippen LogP contribution in [-0.2, 0) is 19.1 Å². The van der Waals surface area contributed by atoms with Crippen LogP contribution in [0.4, 0.5) is 4.79 Å². The minimum atomic E-state index is -0.849. The van der Waals surface area contributed by atoms with Crippen LogP contribution in [-0.4, -0.2) is 31.2 Å². The van der Waals surface area contributed by atoms with Crippen molar-refractivity contribution in [2.45, 2.75) is 20.3 Å². The highest BCUT2D eigenvalue weighted by Crippen LogP contribution is 1.91. The Hall–Kier alpha value is -1.85. The smallest absolute Gasteiger partial charge is 0.413 e. The molecule has 0 aliphatic rings. The number of rotatable bonds is 5. The molecule has 0 aliphatic carbocycles. The summed E-state index contributed by atoms with van der Waals surface area (Å²) in [6.45, 7) is 6.32. The topological polar surface area (TPSA) is 81.7 Å². The fourth-order valence-corrected chi connectivity index (χ4v) is 0.630. The summed E-state index contributed by atoms with van der Waals surface area (Å²) in [6.07, 6.45) is -0.655. The Morgan fingerprint density at radius 1 is 1.19 bits per heavy atom. The number of hydrogen-bond acceptors (Lipinski definition) is 5. The number of carbonyl (C=O) groups is 3. The summed E-state index contributed by atoms with van der Waals surface area (Å²) in [5.41, 5.74) is 0.269. The molecule has 6 nitrogen and oxygen atoms in total. The molecular weight excluding hydrogens is 214 g/mol. The molecule has 0 saturated carbocycles. The lowest BCUT2D eigenvalue weighted by molar-refractivity contribution is -0.140. The van der Waals surface area contributed by atoms with Crippen LogP contribution in [0.3, 0.4) is 0 Å². The van der Waals surface area contributed by atoms with E-state index in [0.29, 0.717) is 0 Å². The second-order valence-electron chi connectivity index (χ2n) is 2.95. The molecule has 0 unspecified atom stereocenters. The van der Waals surface area contributed by atoms with E-state index in [9.17, 15) is 14.4 Å². The van der Waals surface area contributed by atoms with E-state index in [-0.39, 0.29) is 25.2 Å². The molecule has 2 amide bonds. The molecule has 0 aliphatic heterocycles. The van der Waals surface area contributed by atoms with Crippen LogP contribution < -0.4 is 5.32 Å². The summed E-state index contributed by atoms with van der Waals surface area (Å²) < 4.78 is 9.22. The van der Waals surface area contributed by atoms with Crippen LogP contribution in [0.25, 0.3) is 0 Å². The van der Waals surface area contributed by atoms with Crippen LogP contribution in [0.2, 0.25) is 0 Å². The molecule has 0 rings (SSSR count). The lowest BCUT2D eigenvalue weighted by Crippen LogP contribution is -2.31. The summed E-state index contributed by atoms with van der Waals surface area (Å²) in [5.74, 6) is -0.974. The number of esters is 1. The van der Waals surface area contributed by atoms with Crippen LogP contribution in [0.5, 0.6) is 0 Å². The third kappa shape index (κ3) is 6.58. The van der Waals surface area contributed by atoms with Gasteiger partial charge in [0.25, 0.3) is 0 Å². The van der Waals surface area contributed by atoms with E-state index in [1.165, 1.54) is 6.92 Å².